The SMILES string of the molecule is NS(=O)(=O)c1nccc(-c2c[nH]c3cnccc23)n1. The molecule has 3 heterocycles. The van der Waals surface area contributed by atoms with Gasteiger partial charge in [-0.1, -0.05) is 0 Å². The molecule has 0 radical (unpaired) electrons. The molecule has 3 aromatic heterocycles. The average molecular weight is 275 g/mol. The maximum absolute atomic E-state index is 11.3. The van der Waals surface area contributed by atoms with Crippen LogP contribution < -0.4 is 5.14 Å². The fraction of sp³-hybridized carbons (Fsp3) is 0. The van der Waals surface area contributed by atoms with Crippen LogP contribution in [0.2, 0.25) is 0 Å². The summed E-state index contributed by atoms with van der Waals surface area (Å²) in [4.78, 5) is 14.7. The molecule has 0 aliphatic heterocycles. The van der Waals surface area contributed by atoms with Crippen LogP contribution in [0.25, 0.3) is 22.2 Å². The lowest BCUT2D eigenvalue weighted by Crippen LogP contribution is -2.15. The fourth-order valence-electron chi connectivity index (χ4n) is 1.81. The van der Waals surface area contributed by atoms with E-state index in [1.807, 2.05) is 6.07 Å². The summed E-state index contributed by atoms with van der Waals surface area (Å²) >= 11 is 0. The van der Waals surface area contributed by atoms with E-state index in [1.54, 1.807) is 24.7 Å². The van der Waals surface area contributed by atoms with Crippen molar-refractivity contribution < 1.29 is 8.42 Å². The summed E-state index contributed by atoms with van der Waals surface area (Å²) in [6, 6.07) is 3.44. The monoisotopic (exact) mass is 275 g/mol. The van der Waals surface area contributed by atoms with Crippen LogP contribution in [0.1, 0.15) is 0 Å². The molecule has 8 heteroatoms. The average Bonchev–Trinajstić information content (AvgIpc) is 2.82. The largest absolute Gasteiger partial charge is 0.359 e. The Hall–Kier alpha value is -2.32. The highest BCUT2D eigenvalue weighted by Gasteiger charge is 2.14. The van der Waals surface area contributed by atoms with E-state index in [0.29, 0.717) is 5.69 Å². The van der Waals surface area contributed by atoms with Crippen LogP contribution in [0.15, 0.2) is 42.1 Å². The Balaban J connectivity index is 2.22. The summed E-state index contributed by atoms with van der Waals surface area (Å²) < 4.78 is 22.5. The highest BCUT2D eigenvalue weighted by molar-refractivity contribution is 7.89. The Kier molecular flexibility index (Phi) is 2.54. The van der Waals surface area contributed by atoms with Crippen molar-refractivity contribution in [3.8, 4) is 11.3 Å². The predicted molar refractivity (Wildman–Crippen MR) is 68.5 cm³/mol. The molecule has 0 fully saturated rings. The normalized spacial score (nSPS) is 11.8. The number of nitrogens with one attached hydrogen (secondary N) is 1. The molecule has 7 nitrogen and oxygen atoms in total. The number of H-pyrrole nitrogens is 1. The summed E-state index contributed by atoms with van der Waals surface area (Å²) in [5.41, 5.74) is 2.09. The van der Waals surface area contributed by atoms with Gasteiger partial charge in [-0.25, -0.2) is 23.5 Å². The molecular formula is C11H9N5O2S. The van der Waals surface area contributed by atoms with Crippen LogP contribution in [0, 0.1) is 0 Å². The Morgan fingerprint density at radius 3 is 2.84 bits per heavy atom. The number of sulfonamides is 1. The Bertz CT molecular complexity index is 856. The minimum absolute atomic E-state index is 0.395. The first-order valence-corrected chi connectivity index (χ1v) is 6.87. The number of pyridine rings is 1. The zero-order chi connectivity index (χ0) is 13.5. The first-order valence-electron chi connectivity index (χ1n) is 5.33. The number of hydrogen-bond donors (Lipinski definition) is 2. The minimum atomic E-state index is -3.91. The third kappa shape index (κ3) is 2.07. The molecule has 0 saturated carbocycles. The molecule has 0 atom stereocenters. The van der Waals surface area contributed by atoms with Crippen LogP contribution in [0.5, 0.6) is 0 Å². The van der Waals surface area contributed by atoms with Crippen LogP contribution >= 0.6 is 0 Å². The number of primary sulfonamides is 1. The number of aromatic nitrogens is 4. The Labute approximate surface area is 108 Å². The van der Waals surface area contributed by atoms with E-state index in [4.69, 9.17) is 5.14 Å². The van der Waals surface area contributed by atoms with Crippen molar-refractivity contribution >= 4 is 20.9 Å². The summed E-state index contributed by atoms with van der Waals surface area (Å²) in [5, 5.41) is 5.52. The molecule has 3 rings (SSSR count). The van der Waals surface area contributed by atoms with E-state index < -0.39 is 15.2 Å². The molecule has 0 aromatic carbocycles. The molecule has 0 unspecified atom stereocenters. The van der Waals surface area contributed by atoms with E-state index in [2.05, 4.69) is 19.9 Å². The molecule has 3 aromatic rings. The zero-order valence-electron chi connectivity index (χ0n) is 9.61. The van der Waals surface area contributed by atoms with Crippen LogP contribution in [0.4, 0.5) is 0 Å². The fourth-order valence-corrected chi connectivity index (χ4v) is 2.25. The molecule has 19 heavy (non-hydrogen) atoms. The first-order chi connectivity index (χ1) is 9.05. The number of rotatable bonds is 2. The Morgan fingerprint density at radius 2 is 2.05 bits per heavy atom. The van der Waals surface area contributed by atoms with Gasteiger partial charge >= 0.3 is 0 Å². The lowest BCUT2D eigenvalue weighted by Gasteiger charge is -2.00. The molecule has 0 aliphatic rings. The van der Waals surface area contributed by atoms with Gasteiger partial charge in [-0.3, -0.25) is 4.98 Å². The second kappa shape index (κ2) is 4.11. The maximum Gasteiger partial charge on any atom is 0.273 e. The van der Waals surface area contributed by atoms with Crippen molar-refractivity contribution in [1.29, 1.82) is 0 Å². The molecule has 0 amide bonds. The molecule has 0 bridgehead atoms. The maximum atomic E-state index is 11.3. The molecule has 0 aliphatic carbocycles. The van der Waals surface area contributed by atoms with Crippen LogP contribution in [-0.2, 0) is 10.0 Å². The van der Waals surface area contributed by atoms with Gasteiger partial charge in [-0.05, 0) is 12.1 Å². The standard InChI is InChI=1S/C11H9N5O2S/c12-19(17,18)11-14-4-2-9(16-11)8-5-15-10-6-13-3-1-7(8)10/h1-6,15H,(H2,12,17,18). The van der Waals surface area contributed by atoms with Gasteiger partial charge in [-0.15, -0.1) is 0 Å². The smallest absolute Gasteiger partial charge is 0.273 e. The van der Waals surface area contributed by atoms with Crippen LogP contribution in [-0.4, -0.2) is 28.4 Å². The van der Waals surface area contributed by atoms with Gasteiger partial charge < -0.3 is 4.98 Å². The van der Waals surface area contributed by atoms with Gasteiger partial charge in [0.2, 0.25) is 0 Å². The van der Waals surface area contributed by atoms with E-state index in [-0.39, 0.29) is 0 Å². The first kappa shape index (κ1) is 11.8. The molecule has 0 spiro atoms. The molecule has 0 saturated heterocycles. The third-order valence-electron chi connectivity index (χ3n) is 2.65. The van der Waals surface area contributed by atoms with Crippen LogP contribution in [0.3, 0.4) is 0 Å². The van der Waals surface area contributed by atoms with Gasteiger partial charge in [0.15, 0.2) is 0 Å². The van der Waals surface area contributed by atoms with Crippen molar-refractivity contribution in [1.82, 2.24) is 19.9 Å². The zero-order valence-corrected chi connectivity index (χ0v) is 10.4. The van der Waals surface area contributed by atoms with E-state index in [1.165, 1.54) is 6.20 Å². The second-order valence-electron chi connectivity index (χ2n) is 3.89. The molecular weight excluding hydrogens is 266 g/mol. The molecule has 96 valence electrons. The number of aromatic amines is 1. The lowest BCUT2D eigenvalue weighted by molar-refractivity contribution is 0.589. The summed E-state index contributed by atoms with van der Waals surface area (Å²) in [6.07, 6.45) is 6.44. The quantitative estimate of drug-likeness (QED) is 0.667. The summed E-state index contributed by atoms with van der Waals surface area (Å²) in [6.45, 7) is 0. The van der Waals surface area contributed by atoms with Gasteiger partial charge in [0, 0.05) is 29.5 Å². The van der Waals surface area contributed by atoms with Crippen molar-refractivity contribution in [2.75, 3.05) is 0 Å². The predicted octanol–water partition coefficient (Wildman–Crippen LogP) is 0.667. The van der Waals surface area contributed by atoms with Gasteiger partial charge in [-0.2, -0.15) is 0 Å². The highest BCUT2D eigenvalue weighted by Crippen LogP contribution is 2.26. The Morgan fingerprint density at radius 1 is 1.21 bits per heavy atom. The minimum Gasteiger partial charge on any atom is -0.359 e. The van der Waals surface area contributed by atoms with E-state index in [0.717, 1.165) is 16.5 Å². The third-order valence-corrected chi connectivity index (χ3v) is 3.35. The van der Waals surface area contributed by atoms with Crippen molar-refractivity contribution in [2.24, 2.45) is 5.14 Å². The summed E-state index contributed by atoms with van der Waals surface area (Å²) in [5.74, 6) is 0. The summed E-state index contributed by atoms with van der Waals surface area (Å²) in [7, 11) is -3.91. The van der Waals surface area contributed by atoms with Gasteiger partial charge in [0.1, 0.15) is 0 Å². The highest BCUT2D eigenvalue weighted by atomic mass is 32.2. The van der Waals surface area contributed by atoms with Crippen molar-refractivity contribution in [2.45, 2.75) is 5.16 Å². The lowest BCUT2D eigenvalue weighted by atomic mass is 10.1. The number of nitrogens with zero attached hydrogens (tertiary/aromatic N) is 3. The second-order valence-corrected chi connectivity index (χ2v) is 5.35. The van der Waals surface area contributed by atoms with Gasteiger partial charge in [0.05, 0.1) is 17.4 Å². The number of hydrogen-bond acceptors (Lipinski definition) is 5. The van der Waals surface area contributed by atoms with Crippen molar-refractivity contribution in [3.05, 3.63) is 36.9 Å². The van der Waals surface area contributed by atoms with Crippen molar-refractivity contribution in [3.63, 3.8) is 0 Å². The van der Waals surface area contributed by atoms with Gasteiger partial charge in [0.25, 0.3) is 15.2 Å². The van der Waals surface area contributed by atoms with E-state index >= 15 is 0 Å². The number of nitrogens with two attached hydrogens (primary N) is 1. The van der Waals surface area contributed by atoms with E-state index in [9.17, 15) is 8.42 Å². The number of fused-ring (bicyclic) bond motifs is 1. The molecule has 3 N–H and O–H groups in total. The topological polar surface area (TPSA) is 115 Å².